The van der Waals surface area contributed by atoms with E-state index in [0.717, 1.165) is 0 Å². The largest absolute Gasteiger partial charge is 0.507 e. The predicted molar refractivity (Wildman–Crippen MR) is 84.5 cm³/mol. The second kappa shape index (κ2) is 7.17. The maximum atomic E-state index is 11.4. The number of hydrazine groups is 1. The summed E-state index contributed by atoms with van der Waals surface area (Å²) in [6.45, 7) is 0. The minimum atomic E-state index is -0.611. The summed E-state index contributed by atoms with van der Waals surface area (Å²) in [4.78, 5) is 22.7. The topological polar surface area (TPSA) is 96.9 Å². The van der Waals surface area contributed by atoms with Crippen LogP contribution in [-0.4, -0.2) is 31.3 Å². The molecular weight excluding hydrogens is 300 g/mol. The highest BCUT2D eigenvalue weighted by atomic mass is 16.5. The van der Waals surface area contributed by atoms with Gasteiger partial charge in [-0.25, -0.2) is 9.59 Å². The predicted octanol–water partition coefficient (Wildman–Crippen LogP) is 2.40. The normalized spacial score (nSPS) is 9.83. The van der Waals surface area contributed by atoms with E-state index in [1.54, 1.807) is 30.3 Å². The third-order valence-electron chi connectivity index (χ3n) is 3.06. The van der Waals surface area contributed by atoms with E-state index in [1.807, 2.05) is 0 Å². The molecule has 0 fully saturated rings. The minimum Gasteiger partial charge on any atom is -0.507 e. The van der Waals surface area contributed by atoms with Crippen LogP contribution in [0.3, 0.4) is 0 Å². The SMILES string of the molecule is COC(=O)c1ccc(NNc2ccc(C(=O)OC)c(O)c2)cc1. The molecule has 7 nitrogen and oxygen atoms in total. The van der Waals surface area contributed by atoms with E-state index >= 15 is 0 Å². The third-order valence-corrected chi connectivity index (χ3v) is 3.06. The number of benzene rings is 2. The molecule has 2 aromatic carbocycles. The summed E-state index contributed by atoms with van der Waals surface area (Å²) >= 11 is 0. The Balaban J connectivity index is 2.02. The molecule has 0 saturated carbocycles. The molecule has 0 saturated heterocycles. The summed E-state index contributed by atoms with van der Waals surface area (Å²) in [7, 11) is 2.56. The Morgan fingerprint density at radius 2 is 1.43 bits per heavy atom. The Labute approximate surface area is 132 Å². The molecule has 120 valence electrons. The summed E-state index contributed by atoms with van der Waals surface area (Å²) in [6.07, 6.45) is 0. The Hall–Kier alpha value is -3.22. The van der Waals surface area contributed by atoms with Gasteiger partial charge in [0.25, 0.3) is 0 Å². The molecular formula is C16H16N2O5. The van der Waals surface area contributed by atoms with Gasteiger partial charge in [0.2, 0.25) is 0 Å². The fraction of sp³-hybridized carbons (Fsp3) is 0.125. The van der Waals surface area contributed by atoms with Gasteiger partial charge in [0.05, 0.1) is 31.2 Å². The van der Waals surface area contributed by atoms with Crippen molar-refractivity contribution in [3.05, 3.63) is 53.6 Å². The summed E-state index contributed by atoms with van der Waals surface area (Å²) in [5, 5.41) is 9.79. The molecule has 0 unspecified atom stereocenters. The van der Waals surface area contributed by atoms with E-state index in [1.165, 1.54) is 26.4 Å². The summed E-state index contributed by atoms with van der Waals surface area (Å²) in [5.41, 5.74) is 7.55. The second-order valence-electron chi connectivity index (χ2n) is 4.54. The fourth-order valence-electron chi connectivity index (χ4n) is 1.84. The Morgan fingerprint density at radius 3 is 2.00 bits per heavy atom. The first kappa shape index (κ1) is 16.2. The van der Waals surface area contributed by atoms with Crippen molar-refractivity contribution >= 4 is 23.3 Å². The summed E-state index contributed by atoms with van der Waals surface area (Å²) in [6, 6.07) is 11.1. The van der Waals surface area contributed by atoms with Gasteiger partial charge < -0.3 is 25.4 Å². The number of methoxy groups -OCH3 is 2. The number of ether oxygens (including phenoxy) is 2. The average Bonchev–Trinajstić information content (AvgIpc) is 2.59. The van der Waals surface area contributed by atoms with Crippen molar-refractivity contribution in [3.8, 4) is 5.75 Å². The van der Waals surface area contributed by atoms with Crippen LogP contribution in [0.1, 0.15) is 20.7 Å². The van der Waals surface area contributed by atoms with Gasteiger partial charge in [-0.05, 0) is 36.4 Å². The lowest BCUT2D eigenvalue weighted by Crippen LogP contribution is -2.09. The molecule has 0 heterocycles. The molecule has 0 spiro atoms. The van der Waals surface area contributed by atoms with Gasteiger partial charge in [-0.1, -0.05) is 0 Å². The van der Waals surface area contributed by atoms with E-state index < -0.39 is 11.9 Å². The van der Waals surface area contributed by atoms with Gasteiger partial charge in [-0.15, -0.1) is 0 Å². The van der Waals surface area contributed by atoms with Crippen molar-refractivity contribution in [3.63, 3.8) is 0 Å². The second-order valence-corrected chi connectivity index (χ2v) is 4.54. The number of phenolic OH excluding ortho intramolecular Hbond substituents is 1. The van der Waals surface area contributed by atoms with Crippen LogP contribution in [0.25, 0.3) is 0 Å². The number of esters is 2. The first-order valence-corrected chi connectivity index (χ1v) is 6.67. The maximum absolute atomic E-state index is 11.4. The van der Waals surface area contributed by atoms with Crippen LogP contribution in [-0.2, 0) is 9.47 Å². The number of hydrogen-bond donors (Lipinski definition) is 3. The Morgan fingerprint density at radius 1 is 0.870 bits per heavy atom. The van der Waals surface area contributed by atoms with Crippen molar-refractivity contribution in [2.75, 3.05) is 25.1 Å². The molecule has 0 aromatic heterocycles. The number of rotatable bonds is 5. The monoisotopic (exact) mass is 316 g/mol. The molecule has 2 aromatic rings. The lowest BCUT2D eigenvalue weighted by molar-refractivity contribution is 0.0590. The van der Waals surface area contributed by atoms with Crippen LogP contribution in [0.5, 0.6) is 5.75 Å². The zero-order valence-corrected chi connectivity index (χ0v) is 12.6. The van der Waals surface area contributed by atoms with Crippen LogP contribution < -0.4 is 10.9 Å². The van der Waals surface area contributed by atoms with E-state index in [2.05, 4.69) is 20.3 Å². The van der Waals surface area contributed by atoms with Gasteiger partial charge in [0.15, 0.2) is 0 Å². The fourth-order valence-corrected chi connectivity index (χ4v) is 1.84. The molecule has 0 radical (unpaired) electrons. The molecule has 0 atom stereocenters. The van der Waals surface area contributed by atoms with Gasteiger partial charge >= 0.3 is 11.9 Å². The molecule has 0 bridgehead atoms. The Kier molecular flexibility index (Phi) is 5.03. The van der Waals surface area contributed by atoms with Crippen molar-refractivity contribution < 1.29 is 24.2 Å². The molecule has 23 heavy (non-hydrogen) atoms. The molecule has 2 rings (SSSR count). The standard InChI is InChI=1S/C16H16N2O5/c1-22-15(20)10-3-5-11(6-4-10)17-18-12-7-8-13(14(19)9-12)16(21)23-2/h3-9,17-19H,1-2H3. The van der Waals surface area contributed by atoms with Gasteiger partial charge in [-0.3, -0.25) is 0 Å². The van der Waals surface area contributed by atoms with Crippen LogP contribution in [0.4, 0.5) is 11.4 Å². The minimum absolute atomic E-state index is 0.0838. The van der Waals surface area contributed by atoms with Gasteiger partial charge in [0.1, 0.15) is 11.3 Å². The lowest BCUT2D eigenvalue weighted by Gasteiger charge is -2.11. The molecule has 0 aliphatic carbocycles. The molecule has 7 heteroatoms. The molecule has 0 aliphatic rings. The highest BCUT2D eigenvalue weighted by Gasteiger charge is 2.11. The maximum Gasteiger partial charge on any atom is 0.341 e. The van der Waals surface area contributed by atoms with Crippen molar-refractivity contribution in [1.82, 2.24) is 0 Å². The highest BCUT2D eigenvalue weighted by Crippen LogP contribution is 2.23. The zero-order chi connectivity index (χ0) is 16.8. The number of hydrogen-bond acceptors (Lipinski definition) is 7. The molecule has 3 N–H and O–H groups in total. The third kappa shape index (κ3) is 3.91. The number of carbonyl (C=O) groups is 2. The number of aromatic hydroxyl groups is 1. The van der Waals surface area contributed by atoms with Crippen molar-refractivity contribution in [2.45, 2.75) is 0 Å². The van der Waals surface area contributed by atoms with Gasteiger partial charge in [0, 0.05) is 6.07 Å². The van der Waals surface area contributed by atoms with Crippen molar-refractivity contribution in [2.24, 2.45) is 0 Å². The van der Waals surface area contributed by atoms with Crippen molar-refractivity contribution in [1.29, 1.82) is 0 Å². The zero-order valence-electron chi connectivity index (χ0n) is 12.6. The smallest absolute Gasteiger partial charge is 0.341 e. The summed E-state index contributed by atoms with van der Waals surface area (Å²) < 4.78 is 9.17. The van der Waals surface area contributed by atoms with Crippen LogP contribution in [0, 0.1) is 0 Å². The van der Waals surface area contributed by atoms with Crippen LogP contribution in [0.2, 0.25) is 0 Å². The van der Waals surface area contributed by atoms with E-state index in [0.29, 0.717) is 16.9 Å². The van der Waals surface area contributed by atoms with E-state index in [4.69, 9.17) is 0 Å². The number of anilines is 2. The number of nitrogens with one attached hydrogen (secondary N) is 2. The first-order chi connectivity index (χ1) is 11.0. The lowest BCUT2D eigenvalue weighted by atomic mass is 10.2. The number of phenols is 1. The summed E-state index contributed by atoms with van der Waals surface area (Å²) in [5.74, 6) is -1.21. The molecule has 0 aliphatic heterocycles. The quantitative estimate of drug-likeness (QED) is 0.575. The van der Waals surface area contributed by atoms with Crippen LogP contribution in [0.15, 0.2) is 42.5 Å². The van der Waals surface area contributed by atoms with Gasteiger partial charge in [-0.2, -0.15) is 0 Å². The van der Waals surface area contributed by atoms with Crippen LogP contribution >= 0.6 is 0 Å². The van der Waals surface area contributed by atoms with E-state index in [9.17, 15) is 14.7 Å². The first-order valence-electron chi connectivity index (χ1n) is 6.67. The average molecular weight is 316 g/mol. The highest BCUT2D eigenvalue weighted by molar-refractivity contribution is 5.93. The number of carbonyl (C=O) groups excluding carboxylic acids is 2. The molecule has 0 amide bonds. The Bertz CT molecular complexity index is 713. The van der Waals surface area contributed by atoms with E-state index in [-0.39, 0.29) is 11.3 Å².